The van der Waals surface area contributed by atoms with E-state index in [4.69, 9.17) is 4.74 Å². The topological polar surface area (TPSA) is 85.1 Å². The molecule has 7 nitrogen and oxygen atoms in total. The maximum absolute atomic E-state index is 9.54. The first kappa shape index (κ1) is 14.9. The number of aromatic nitrogens is 4. The summed E-state index contributed by atoms with van der Waals surface area (Å²) in [5.74, 6) is 0.882. The predicted molar refractivity (Wildman–Crippen MR) is 90.3 cm³/mol. The SMILES string of the molecule is Cc1cc(O)ccc1Nc1ncnc2c1ncn2C1CCCCO1. The van der Waals surface area contributed by atoms with Gasteiger partial charge in [0.2, 0.25) is 0 Å². The van der Waals surface area contributed by atoms with Gasteiger partial charge >= 0.3 is 0 Å². The molecule has 1 saturated heterocycles. The van der Waals surface area contributed by atoms with Gasteiger partial charge in [-0.2, -0.15) is 0 Å². The Morgan fingerprint density at radius 2 is 2.17 bits per heavy atom. The van der Waals surface area contributed by atoms with Crippen LogP contribution in [0.5, 0.6) is 5.75 Å². The van der Waals surface area contributed by atoms with Crippen molar-refractivity contribution in [3.8, 4) is 5.75 Å². The first-order chi connectivity index (χ1) is 11.7. The Hall–Kier alpha value is -2.67. The van der Waals surface area contributed by atoms with Gasteiger partial charge in [-0.25, -0.2) is 15.0 Å². The van der Waals surface area contributed by atoms with Crippen molar-refractivity contribution >= 4 is 22.7 Å². The summed E-state index contributed by atoms with van der Waals surface area (Å²) in [6.07, 6.45) is 6.50. The van der Waals surface area contributed by atoms with E-state index >= 15 is 0 Å². The summed E-state index contributed by atoms with van der Waals surface area (Å²) in [6, 6.07) is 5.16. The molecule has 1 aliphatic rings. The van der Waals surface area contributed by atoms with Crippen LogP contribution in [0.1, 0.15) is 31.1 Å². The first-order valence-electron chi connectivity index (χ1n) is 8.08. The first-order valence-corrected chi connectivity index (χ1v) is 8.08. The quantitative estimate of drug-likeness (QED) is 0.719. The number of anilines is 2. The summed E-state index contributed by atoms with van der Waals surface area (Å²) in [5, 5.41) is 12.8. The van der Waals surface area contributed by atoms with E-state index in [9.17, 15) is 5.11 Å². The van der Waals surface area contributed by atoms with E-state index in [1.807, 2.05) is 17.6 Å². The molecule has 2 N–H and O–H groups in total. The third kappa shape index (κ3) is 2.67. The minimum atomic E-state index is -0.0121. The van der Waals surface area contributed by atoms with E-state index < -0.39 is 0 Å². The van der Waals surface area contributed by atoms with E-state index in [-0.39, 0.29) is 12.0 Å². The predicted octanol–water partition coefficient (Wildman–Crippen LogP) is 3.28. The van der Waals surface area contributed by atoms with Crippen molar-refractivity contribution in [3.05, 3.63) is 36.4 Å². The second kappa shape index (κ2) is 6.09. The molecule has 1 aliphatic heterocycles. The van der Waals surface area contributed by atoms with Gasteiger partial charge in [-0.3, -0.25) is 4.57 Å². The molecule has 0 saturated carbocycles. The molecular weight excluding hydrogens is 306 g/mol. The number of phenols is 1. The average Bonchev–Trinajstić information content (AvgIpc) is 3.03. The number of hydrogen-bond donors (Lipinski definition) is 2. The smallest absolute Gasteiger partial charge is 0.167 e. The zero-order valence-corrected chi connectivity index (χ0v) is 13.4. The highest BCUT2D eigenvalue weighted by Crippen LogP contribution is 2.29. The molecule has 0 spiro atoms. The fourth-order valence-electron chi connectivity index (χ4n) is 3.01. The molecule has 3 aromatic rings. The molecule has 1 unspecified atom stereocenters. The highest BCUT2D eigenvalue weighted by molar-refractivity contribution is 5.85. The van der Waals surface area contributed by atoms with Crippen molar-refractivity contribution in [3.63, 3.8) is 0 Å². The zero-order chi connectivity index (χ0) is 16.5. The molecule has 0 radical (unpaired) electrons. The Bertz CT molecular complexity index is 871. The second-order valence-corrected chi connectivity index (χ2v) is 5.99. The lowest BCUT2D eigenvalue weighted by molar-refractivity contribution is -0.0298. The standard InChI is InChI=1S/C17H19N5O2/c1-11-8-12(23)5-6-13(11)21-16-15-17(19-9-18-16)22(10-20-15)14-4-2-3-7-24-14/h5-6,8-10,14,23H,2-4,7H2,1H3,(H,18,19,21). The number of ether oxygens (including phenoxy) is 1. The number of hydrogen-bond acceptors (Lipinski definition) is 6. The number of aryl methyl sites for hydroxylation is 1. The fraction of sp³-hybridized carbons (Fsp3) is 0.353. The van der Waals surface area contributed by atoms with Crippen LogP contribution in [-0.4, -0.2) is 31.2 Å². The normalized spacial score (nSPS) is 18.0. The summed E-state index contributed by atoms with van der Waals surface area (Å²) >= 11 is 0. The van der Waals surface area contributed by atoms with Crippen LogP contribution in [-0.2, 0) is 4.74 Å². The average molecular weight is 325 g/mol. The van der Waals surface area contributed by atoms with Crippen molar-refractivity contribution in [2.24, 2.45) is 0 Å². The van der Waals surface area contributed by atoms with Crippen LogP contribution in [0.4, 0.5) is 11.5 Å². The fourth-order valence-corrected chi connectivity index (χ4v) is 3.01. The molecule has 0 amide bonds. The van der Waals surface area contributed by atoms with Gasteiger partial charge in [0.1, 0.15) is 18.3 Å². The van der Waals surface area contributed by atoms with Crippen LogP contribution in [0.3, 0.4) is 0 Å². The molecule has 2 aromatic heterocycles. The van der Waals surface area contributed by atoms with Crippen molar-refractivity contribution in [1.82, 2.24) is 19.5 Å². The number of imidazole rings is 1. The third-order valence-corrected chi connectivity index (χ3v) is 4.29. The number of nitrogens with zero attached hydrogens (tertiary/aromatic N) is 4. The summed E-state index contributed by atoms with van der Waals surface area (Å²) in [5.41, 5.74) is 3.27. The summed E-state index contributed by atoms with van der Waals surface area (Å²) in [7, 11) is 0. The lowest BCUT2D eigenvalue weighted by Gasteiger charge is -2.23. The van der Waals surface area contributed by atoms with Gasteiger partial charge in [0.25, 0.3) is 0 Å². The molecule has 1 fully saturated rings. The number of nitrogens with one attached hydrogen (secondary N) is 1. The van der Waals surface area contributed by atoms with Crippen molar-refractivity contribution in [1.29, 1.82) is 0 Å². The van der Waals surface area contributed by atoms with Crippen molar-refractivity contribution in [2.75, 3.05) is 11.9 Å². The molecule has 0 bridgehead atoms. The van der Waals surface area contributed by atoms with E-state index in [2.05, 4.69) is 20.3 Å². The zero-order valence-electron chi connectivity index (χ0n) is 13.4. The molecule has 4 rings (SSSR count). The largest absolute Gasteiger partial charge is 0.508 e. The van der Waals surface area contributed by atoms with Crippen LogP contribution in [0.15, 0.2) is 30.9 Å². The van der Waals surface area contributed by atoms with Gasteiger partial charge in [-0.05, 0) is 49.9 Å². The molecule has 7 heteroatoms. The molecule has 3 heterocycles. The van der Waals surface area contributed by atoms with Crippen LogP contribution in [0.25, 0.3) is 11.2 Å². The molecule has 24 heavy (non-hydrogen) atoms. The second-order valence-electron chi connectivity index (χ2n) is 5.99. The molecule has 124 valence electrons. The number of phenolic OH excluding ortho intramolecular Hbond substituents is 1. The third-order valence-electron chi connectivity index (χ3n) is 4.29. The number of benzene rings is 1. The Kier molecular flexibility index (Phi) is 3.78. The Balaban J connectivity index is 1.70. The number of rotatable bonds is 3. The summed E-state index contributed by atoms with van der Waals surface area (Å²) in [4.78, 5) is 13.2. The van der Waals surface area contributed by atoms with Crippen LogP contribution < -0.4 is 5.32 Å². The summed E-state index contributed by atoms with van der Waals surface area (Å²) in [6.45, 7) is 2.70. The Morgan fingerprint density at radius 3 is 2.96 bits per heavy atom. The van der Waals surface area contributed by atoms with Crippen molar-refractivity contribution in [2.45, 2.75) is 32.4 Å². The van der Waals surface area contributed by atoms with Crippen LogP contribution in [0, 0.1) is 6.92 Å². The highest BCUT2D eigenvalue weighted by atomic mass is 16.5. The highest BCUT2D eigenvalue weighted by Gasteiger charge is 2.20. The monoisotopic (exact) mass is 325 g/mol. The molecule has 1 aromatic carbocycles. The van der Waals surface area contributed by atoms with Gasteiger partial charge in [0.05, 0.1) is 6.33 Å². The number of aromatic hydroxyl groups is 1. The minimum absolute atomic E-state index is 0.0121. The minimum Gasteiger partial charge on any atom is -0.508 e. The van der Waals surface area contributed by atoms with Crippen LogP contribution in [0.2, 0.25) is 0 Å². The van der Waals surface area contributed by atoms with Crippen LogP contribution >= 0.6 is 0 Å². The van der Waals surface area contributed by atoms with E-state index in [1.54, 1.807) is 18.5 Å². The van der Waals surface area contributed by atoms with Gasteiger partial charge < -0.3 is 15.2 Å². The van der Waals surface area contributed by atoms with E-state index in [1.165, 1.54) is 6.33 Å². The molecule has 0 aliphatic carbocycles. The van der Waals surface area contributed by atoms with E-state index in [0.29, 0.717) is 11.3 Å². The number of fused-ring (bicyclic) bond motifs is 1. The summed E-state index contributed by atoms with van der Waals surface area (Å²) < 4.78 is 7.81. The lowest BCUT2D eigenvalue weighted by atomic mass is 10.2. The molecular formula is C17H19N5O2. The Labute approximate surface area is 139 Å². The maximum atomic E-state index is 9.54. The van der Waals surface area contributed by atoms with E-state index in [0.717, 1.165) is 42.8 Å². The maximum Gasteiger partial charge on any atom is 0.167 e. The van der Waals surface area contributed by atoms with Gasteiger partial charge in [0.15, 0.2) is 17.0 Å². The van der Waals surface area contributed by atoms with Gasteiger partial charge in [-0.1, -0.05) is 0 Å². The van der Waals surface area contributed by atoms with Crippen molar-refractivity contribution < 1.29 is 9.84 Å². The molecule has 1 atom stereocenters. The van der Waals surface area contributed by atoms with Gasteiger partial charge in [0, 0.05) is 12.3 Å². The van der Waals surface area contributed by atoms with Gasteiger partial charge in [-0.15, -0.1) is 0 Å². The lowest BCUT2D eigenvalue weighted by Crippen LogP contribution is -2.17. The Morgan fingerprint density at radius 1 is 1.25 bits per heavy atom.